The quantitative estimate of drug-likeness (QED) is 0.647. The van der Waals surface area contributed by atoms with Crippen molar-refractivity contribution < 1.29 is 19.5 Å². The molecule has 2 N–H and O–H groups in total. The number of benzene rings is 2. The minimum absolute atomic E-state index is 0.117. The van der Waals surface area contributed by atoms with Crippen LogP contribution in [0, 0.1) is 13.8 Å². The summed E-state index contributed by atoms with van der Waals surface area (Å²) < 4.78 is 11.5. The third-order valence-corrected chi connectivity index (χ3v) is 4.00. The molecule has 0 aliphatic carbocycles. The predicted octanol–water partition coefficient (Wildman–Crippen LogP) is 2.53. The summed E-state index contributed by atoms with van der Waals surface area (Å²) in [5.74, 6) is 0.650. The van der Waals surface area contributed by atoms with Gasteiger partial charge in [-0.15, -0.1) is 0 Å². The van der Waals surface area contributed by atoms with E-state index in [9.17, 15) is 4.79 Å². The van der Waals surface area contributed by atoms with Gasteiger partial charge in [-0.25, -0.2) is 10.5 Å². The molecule has 6 nitrogen and oxygen atoms in total. The fourth-order valence-corrected chi connectivity index (χ4v) is 2.77. The summed E-state index contributed by atoms with van der Waals surface area (Å²) in [5, 5.41) is 8.69. The van der Waals surface area contributed by atoms with Crippen molar-refractivity contribution in [1.29, 1.82) is 0 Å². The number of hydroxylamine groups is 1. The number of hydrogen-bond donors (Lipinski definition) is 2. The monoisotopic (exact) mass is 340 g/mol. The second kappa shape index (κ2) is 7.36. The Bertz CT molecular complexity index is 779. The second-order valence-corrected chi connectivity index (χ2v) is 5.95. The Morgan fingerprint density at radius 3 is 2.60 bits per heavy atom. The van der Waals surface area contributed by atoms with Gasteiger partial charge in [-0.05, 0) is 42.7 Å². The first-order valence-corrected chi connectivity index (χ1v) is 8.01. The van der Waals surface area contributed by atoms with E-state index >= 15 is 0 Å². The number of ether oxygens (including phenoxy) is 2. The van der Waals surface area contributed by atoms with Crippen LogP contribution < -0.4 is 10.2 Å². The summed E-state index contributed by atoms with van der Waals surface area (Å²) in [4.78, 5) is 15.6. The zero-order chi connectivity index (χ0) is 17.8. The smallest absolute Gasteiger partial charge is 0.271 e. The lowest BCUT2D eigenvalue weighted by atomic mass is 10.1. The molecule has 0 bridgehead atoms. The number of aryl methyl sites for hydroxylation is 2. The van der Waals surface area contributed by atoms with E-state index in [0.717, 1.165) is 28.0 Å². The standard InChI is InChI=1S/C19H20N2O4/c1-12-8-15(19-20-16(11-25-19)18(22)21-23)9-13(2)17(12)24-10-14-6-4-3-5-7-14/h3-9,16,23H,10-11H2,1-2H3,(H,21,22). The average molecular weight is 340 g/mol. The Labute approximate surface area is 146 Å². The zero-order valence-corrected chi connectivity index (χ0v) is 14.2. The van der Waals surface area contributed by atoms with Crippen LogP contribution >= 0.6 is 0 Å². The molecule has 0 saturated heterocycles. The summed E-state index contributed by atoms with van der Waals surface area (Å²) >= 11 is 0. The molecule has 0 spiro atoms. The number of rotatable bonds is 5. The van der Waals surface area contributed by atoms with Crippen LogP contribution in [0.1, 0.15) is 22.3 Å². The molecule has 1 aliphatic rings. The van der Waals surface area contributed by atoms with Crippen LogP contribution in [-0.4, -0.2) is 29.7 Å². The van der Waals surface area contributed by atoms with E-state index in [-0.39, 0.29) is 6.61 Å². The third-order valence-electron chi connectivity index (χ3n) is 4.00. The van der Waals surface area contributed by atoms with Crippen molar-refractivity contribution >= 4 is 11.8 Å². The second-order valence-electron chi connectivity index (χ2n) is 5.95. The lowest BCUT2D eigenvalue weighted by Gasteiger charge is -2.14. The molecule has 1 atom stereocenters. The maximum atomic E-state index is 11.4. The molecule has 6 heteroatoms. The Hall–Kier alpha value is -2.86. The Morgan fingerprint density at radius 1 is 1.28 bits per heavy atom. The van der Waals surface area contributed by atoms with Gasteiger partial charge in [-0.2, -0.15) is 0 Å². The largest absolute Gasteiger partial charge is 0.488 e. The molecule has 0 fully saturated rings. The van der Waals surface area contributed by atoms with Crippen LogP contribution in [0.2, 0.25) is 0 Å². The van der Waals surface area contributed by atoms with Crippen molar-refractivity contribution in [2.24, 2.45) is 4.99 Å². The van der Waals surface area contributed by atoms with Crippen molar-refractivity contribution in [3.05, 3.63) is 64.7 Å². The SMILES string of the molecule is Cc1cc(C2=NC(C(=O)NO)CO2)cc(C)c1OCc1ccccc1. The van der Waals surface area contributed by atoms with Crippen LogP contribution in [0.25, 0.3) is 0 Å². The summed E-state index contributed by atoms with van der Waals surface area (Å²) in [6.45, 7) is 4.54. The molecule has 0 aromatic heterocycles. The highest BCUT2D eigenvalue weighted by molar-refractivity contribution is 5.98. The van der Waals surface area contributed by atoms with Crippen LogP contribution in [0.3, 0.4) is 0 Å². The molecule has 25 heavy (non-hydrogen) atoms. The Morgan fingerprint density at radius 2 is 1.96 bits per heavy atom. The first kappa shape index (κ1) is 17.0. The summed E-state index contributed by atoms with van der Waals surface area (Å²) in [7, 11) is 0. The fourth-order valence-electron chi connectivity index (χ4n) is 2.77. The van der Waals surface area contributed by atoms with Gasteiger partial charge in [0.2, 0.25) is 5.90 Å². The number of nitrogens with zero attached hydrogens (tertiary/aromatic N) is 1. The first-order valence-electron chi connectivity index (χ1n) is 8.01. The lowest BCUT2D eigenvalue weighted by Crippen LogP contribution is -2.31. The topological polar surface area (TPSA) is 80.2 Å². The maximum Gasteiger partial charge on any atom is 0.271 e. The fraction of sp³-hybridized carbons (Fsp3) is 0.263. The number of carbonyl (C=O) groups is 1. The van der Waals surface area contributed by atoms with Gasteiger partial charge in [0.25, 0.3) is 5.91 Å². The zero-order valence-electron chi connectivity index (χ0n) is 14.2. The molecular formula is C19H20N2O4. The summed E-state index contributed by atoms with van der Waals surface area (Å²) in [6, 6.07) is 13.1. The highest BCUT2D eigenvalue weighted by atomic mass is 16.5. The predicted molar refractivity (Wildman–Crippen MR) is 92.9 cm³/mol. The van der Waals surface area contributed by atoms with Gasteiger partial charge >= 0.3 is 0 Å². The van der Waals surface area contributed by atoms with Crippen molar-refractivity contribution in [2.75, 3.05) is 6.61 Å². The molecule has 3 rings (SSSR count). The third kappa shape index (κ3) is 3.80. The molecule has 0 saturated carbocycles. The van der Waals surface area contributed by atoms with Crippen LogP contribution in [0.4, 0.5) is 0 Å². The molecule has 1 aliphatic heterocycles. The highest BCUT2D eigenvalue weighted by Crippen LogP contribution is 2.27. The van der Waals surface area contributed by atoms with E-state index in [0.29, 0.717) is 12.5 Å². The van der Waals surface area contributed by atoms with Gasteiger partial charge in [-0.1, -0.05) is 30.3 Å². The van der Waals surface area contributed by atoms with Gasteiger partial charge in [0.1, 0.15) is 19.0 Å². The maximum absolute atomic E-state index is 11.4. The highest BCUT2D eigenvalue weighted by Gasteiger charge is 2.26. The molecule has 1 unspecified atom stereocenters. The van der Waals surface area contributed by atoms with Gasteiger partial charge in [0.15, 0.2) is 6.04 Å². The van der Waals surface area contributed by atoms with Gasteiger partial charge in [0, 0.05) is 5.56 Å². The van der Waals surface area contributed by atoms with E-state index in [1.807, 2.05) is 56.3 Å². The first-order chi connectivity index (χ1) is 12.1. The molecule has 2 aromatic carbocycles. The van der Waals surface area contributed by atoms with Gasteiger partial charge in [0.05, 0.1) is 0 Å². The van der Waals surface area contributed by atoms with E-state index < -0.39 is 11.9 Å². The molecule has 2 aromatic rings. The lowest BCUT2D eigenvalue weighted by molar-refractivity contribution is -0.130. The minimum Gasteiger partial charge on any atom is -0.488 e. The van der Waals surface area contributed by atoms with E-state index in [1.165, 1.54) is 0 Å². The number of carbonyl (C=O) groups excluding carboxylic acids is 1. The normalized spacial score (nSPS) is 16.1. The van der Waals surface area contributed by atoms with Gasteiger partial charge < -0.3 is 9.47 Å². The van der Waals surface area contributed by atoms with E-state index in [4.69, 9.17) is 14.7 Å². The van der Waals surface area contributed by atoms with Crippen LogP contribution in [0.5, 0.6) is 5.75 Å². The van der Waals surface area contributed by atoms with Crippen molar-refractivity contribution in [2.45, 2.75) is 26.5 Å². The average Bonchev–Trinajstić information content (AvgIpc) is 3.11. The molecule has 130 valence electrons. The molecule has 1 amide bonds. The molecule has 1 heterocycles. The van der Waals surface area contributed by atoms with E-state index in [2.05, 4.69) is 4.99 Å². The Kier molecular flexibility index (Phi) is 5.00. The number of nitrogens with one attached hydrogen (secondary N) is 1. The number of hydrogen-bond acceptors (Lipinski definition) is 5. The minimum atomic E-state index is -0.727. The molecular weight excluding hydrogens is 320 g/mol. The van der Waals surface area contributed by atoms with Crippen LogP contribution in [0.15, 0.2) is 47.5 Å². The van der Waals surface area contributed by atoms with Gasteiger partial charge in [-0.3, -0.25) is 10.0 Å². The van der Waals surface area contributed by atoms with E-state index in [1.54, 1.807) is 5.48 Å². The summed E-state index contributed by atoms with van der Waals surface area (Å²) in [5.41, 5.74) is 5.42. The van der Waals surface area contributed by atoms with Crippen molar-refractivity contribution in [3.8, 4) is 5.75 Å². The van der Waals surface area contributed by atoms with Crippen molar-refractivity contribution in [1.82, 2.24) is 5.48 Å². The number of aliphatic imine (C=N–C) groups is 1. The summed E-state index contributed by atoms with van der Waals surface area (Å²) in [6.07, 6.45) is 0. The van der Waals surface area contributed by atoms with Crippen LogP contribution in [-0.2, 0) is 16.1 Å². The molecule has 0 radical (unpaired) electrons. The van der Waals surface area contributed by atoms with Crippen molar-refractivity contribution in [3.63, 3.8) is 0 Å². The number of amides is 1. The Balaban J connectivity index is 1.77.